The molecule has 2 rings (SSSR count). The molecule has 0 bridgehead atoms. The van der Waals surface area contributed by atoms with E-state index in [1.807, 2.05) is 25.1 Å². The van der Waals surface area contributed by atoms with Gasteiger partial charge < -0.3 is 11.1 Å². The van der Waals surface area contributed by atoms with Crippen LogP contribution in [0.3, 0.4) is 0 Å². The van der Waals surface area contributed by atoms with Crippen LogP contribution in [-0.2, 0) is 9.84 Å². The largest absolute Gasteiger partial charge is 0.389 e. The van der Waals surface area contributed by atoms with Gasteiger partial charge in [0, 0.05) is 21.3 Å². The van der Waals surface area contributed by atoms with Crippen molar-refractivity contribution in [3.63, 3.8) is 0 Å². The van der Waals surface area contributed by atoms with Crippen molar-refractivity contribution < 1.29 is 8.42 Å². The van der Waals surface area contributed by atoms with E-state index in [4.69, 9.17) is 18.0 Å². The highest BCUT2D eigenvalue weighted by molar-refractivity contribution is 9.10. The molecule has 1 fully saturated rings. The predicted molar refractivity (Wildman–Crippen MR) is 85.3 cm³/mol. The lowest BCUT2D eigenvalue weighted by Gasteiger charge is -2.25. The molecule has 0 amide bonds. The molecule has 1 aromatic rings. The molecule has 1 saturated heterocycles. The first-order valence-corrected chi connectivity index (χ1v) is 8.81. The van der Waals surface area contributed by atoms with Crippen LogP contribution in [0.15, 0.2) is 22.7 Å². The van der Waals surface area contributed by atoms with Crippen LogP contribution >= 0.6 is 28.1 Å². The van der Waals surface area contributed by atoms with Gasteiger partial charge in [-0.05, 0) is 47.5 Å². The summed E-state index contributed by atoms with van der Waals surface area (Å²) in [5, 5.41) is 3.29. The van der Waals surface area contributed by atoms with E-state index in [1.54, 1.807) is 0 Å². The van der Waals surface area contributed by atoms with Crippen LogP contribution in [0.4, 0.5) is 5.69 Å². The summed E-state index contributed by atoms with van der Waals surface area (Å²) in [5.41, 5.74) is 6.80. The molecule has 0 aliphatic carbocycles. The lowest BCUT2D eigenvalue weighted by Crippen LogP contribution is -2.35. The number of sulfone groups is 1. The quantitative estimate of drug-likeness (QED) is 0.805. The van der Waals surface area contributed by atoms with E-state index in [1.165, 1.54) is 0 Å². The van der Waals surface area contributed by atoms with Crippen molar-refractivity contribution in [2.45, 2.75) is 18.9 Å². The summed E-state index contributed by atoms with van der Waals surface area (Å²) in [4.78, 5) is 0.327. The Morgan fingerprint density at radius 3 is 2.68 bits per heavy atom. The van der Waals surface area contributed by atoms with Crippen LogP contribution in [0, 0.1) is 0 Å². The number of thiocarbonyl (C=S) groups is 1. The molecule has 0 aromatic heterocycles. The number of hydrogen-bond donors (Lipinski definition) is 2. The summed E-state index contributed by atoms with van der Waals surface area (Å²) in [6.07, 6.45) is 0.615. The zero-order chi connectivity index (χ0) is 14.3. The van der Waals surface area contributed by atoms with Crippen LogP contribution < -0.4 is 11.1 Å². The molecule has 1 aliphatic heterocycles. The maximum atomic E-state index is 11.6. The molecule has 0 radical (unpaired) electrons. The van der Waals surface area contributed by atoms with Gasteiger partial charge in [0.2, 0.25) is 0 Å². The van der Waals surface area contributed by atoms with Gasteiger partial charge in [0.15, 0.2) is 9.84 Å². The lowest BCUT2D eigenvalue weighted by atomic mass is 10.0. The Morgan fingerprint density at radius 1 is 1.53 bits per heavy atom. The highest BCUT2D eigenvalue weighted by Gasteiger charge is 2.38. The molecule has 4 nitrogen and oxygen atoms in total. The first kappa shape index (κ1) is 14.7. The summed E-state index contributed by atoms with van der Waals surface area (Å²) in [6, 6.07) is 5.54. The zero-order valence-corrected chi connectivity index (χ0v) is 13.7. The van der Waals surface area contributed by atoms with Gasteiger partial charge >= 0.3 is 0 Å². The normalized spacial score (nSPS) is 25.2. The van der Waals surface area contributed by atoms with E-state index in [-0.39, 0.29) is 11.5 Å². The number of nitrogens with two attached hydrogens (primary N) is 1. The first-order valence-electron chi connectivity index (χ1n) is 5.79. The predicted octanol–water partition coefficient (Wildman–Crippen LogP) is 2.07. The van der Waals surface area contributed by atoms with Gasteiger partial charge in [-0.15, -0.1) is 0 Å². The van der Waals surface area contributed by atoms with Gasteiger partial charge in [-0.1, -0.05) is 12.2 Å². The maximum Gasteiger partial charge on any atom is 0.152 e. The molecule has 1 unspecified atom stereocenters. The van der Waals surface area contributed by atoms with E-state index in [2.05, 4.69) is 21.2 Å². The molecule has 3 N–H and O–H groups in total. The molecule has 19 heavy (non-hydrogen) atoms. The molecule has 0 saturated carbocycles. The van der Waals surface area contributed by atoms with Crippen LogP contribution in [-0.4, -0.2) is 30.5 Å². The third-order valence-electron chi connectivity index (χ3n) is 3.18. The number of hydrogen-bond acceptors (Lipinski definition) is 4. The van der Waals surface area contributed by atoms with Gasteiger partial charge in [0.25, 0.3) is 0 Å². The number of nitrogens with one attached hydrogen (secondary N) is 1. The van der Waals surface area contributed by atoms with Crippen molar-refractivity contribution in [3.05, 3.63) is 28.2 Å². The van der Waals surface area contributed by atoms with Crippen molar-refractivity contribution in [3.8, 4) is 0 Å². The highest BCUT2D eigenvalue weighted by atomic mass is 79.9. The van der Waals surface area contributed by atoms with Gasteiger partial charge in [-0.2, -0.15) is 0 Å². The Bertz CT molecular complexity index is 631. The minimum atomic E-state index is -2.92. The smallest absolute Gasteiger partial charge is 0.152 e. The van der Waals surface area contributed by atoms with Gasteiger partial charge in [0.05, 0.1) is 11.5 Å². The topological polar surface area (TPSA) is 72.2 Å². The average Bonchev–Trinajstić information content (AvgIpc) is 2.52. The lowest BCUT2D eigenvalue weighted by molar-refractivity contribution is 0.574. The third-order valence-corrected chi connectivity index (χ3v) is 5.96. The van der Waals surface area contributed by atoms with E-state index >= 15 is 0 Å². The van der Waals surface area contributed by atoms with Crippen molar-refractivity contribution in [2.75, 3.05) is 16.8 Å². The average molecular weight is 363 g/mol. The Morgan fingerprint density at radius 2 is 2.21 bits per heavy atom. The molecular weight excluding hydrogens is 348 g/mol. The third kappa shape index (κ3) is 3.46. The summed E-state index contributed by atoms with van der Waals surface area (Å²) in [6.45, 7) is 1.92. The van der Waals surface area contributed by atoms with Gasteiger partial charge in [-0.3, -0.25) is 0 Å². The first-order chi connectivity index (χ1) is 8.71. The Kier molecular flexibility index (Phi) is 3.90. The van der Waals surface area contributed by atoms with Crippen molar-refractivity contribution in [2.24, 2.45) is 5.73 Å². The molecule has 1 aromatic carbocycles. The Hall–Kier alpha value is -0.660. The molecule has 1 heterocycles. The van der Waals surface area contributed by atoms with Crippen LogP contribution in [0.5, 0.6) is 0 Å². The molecule has 104 valence electrons. The minimum absolute atomic E-state index is 0.161. The van der Waals surface area contributed by atoms with E-state index in [0.717, 1.165) is 15.7 Å². The van der Waals surface area contributed by atoms with E-state index in [0.29, 0.717) is 11.4 Å². The standard InChI is InChI=1S/C12H15BrN2O2S2/c1-12(4-5-19(16,17)7-12)15-8-2-3-9(11(14)18)10(13)6-8/h2-3,6,15H,4-5,7H2,1H3,(H2,14,18). The fraction of sp³-hybridized carbons (Fsp3) is 0.417. The Balaban J connectivity index is 2.21. The molecule has 1 aliphatic rings. The second-order valence-corrected chi connectivity index (χ2v) is 8.56. The van der Waals surface area contributed by atoms with Gasteiger partial charge in [-0.25, -0.2) is 8.42 Å². The molecule has 7 heteroatoms. The van der Waals surface area contributed by atoms with Crippen LogP contribution in [0.25, 0.3) is 0 Å². The zero-order valence-electron chi connectivity index (χ0n) is 10.4. The van der Waals surface area contributed by atoms with Crippen molar-refractivity contribution >= 4 is 48.7 Å². The molecule has 1 atom stereocenters. The minimum Gasteiger partial charge on any atom is -0.389 e. The number of anilines is 1. The second kappa shape index (κ2) is 5.03. The summed E-state index contributed by atoms with van der Waals surface area (Å²) < 4.78 is 23.9. The van der Waals surface area contributed by atoms with Crippen LogP contribution in [0.1, 0.15) is 18.9 Å². The summed E-state index contributed by atoms with van der Waals surface area (Å²) >= 11 is 8.35. The fourth-order valence-corrected chi connectivity index (χ4v) is 5.24. The number of halogens is 1. The maximum absolute atomic E-state index is 11.6. The highest BCUT2D eigenvalue weighted by Crippen LogP contribution is 2.29. The van der Waals surface area contributed by atoms with E-state index < -0.39 is 15.4 Å². The SMILES string of the molecule is CC1(Nc2ccc(C(N)=S)c(Br)c2)CCS(=O)(=O)C1. The van der Waals surface area contributed by atoms with Crippen LogP contribution in [0.2, 0.25) is 0 Å². The fourth-order valence-electron chi connectivity index (χ4n) is 2.25. The summed E-state index contributed by atoms with van der Waals surface area (Å²) in [7, 11) is -2.92. The number of rotatable bonds is 3. The Labute approximate surface area is 126 Å². The monoisotopic (exact) mass is 362 g/mol. The van der Waals surface area contributed by atoms with E-state index in [9.17, 15) is 8.42 Å². The van der Waals surface area contributed by atoms with Crippen molar-refractivity contribution in [1.29, 1.82) is 0 Å². The summed E-state index contributed by atoms with van der Waals surface area (Å²) in [5.74, 6) is 0.400. The second-order valence-electron chi connectivity index (χ2n) is 5.09. The number of benzene rings is 1. The van der Waals surface area contributed by atoms with Crippen molar-refractivity contribution in [1.82, 2.24) is 0 Å². The molecule has 0 spiro atoms. The molecular formula is C12H15BrN2O2S2. The van der Waals surface area contributed by atoms with Gasteiger partial charge in [0.1, 0.15) is 4.99 Å².